The summed E-state index contributed by atoms with van der Waals surface area (Å²) < 4.78 is 27.9. The van der Waals surface area contributed by atoms with Gasteiger partial charge >= 0.3 is 0 Å². The van der Waals surface area contributed by atoms with E-state index < -0.39 is 11.7 Å². The number of anilines is 1. The van der Waals surface area contributed by atoms with Gasteiger partial charge in [0, 0.05) is 18.2 Å². The molecule has 1 aromatic heterocycles. The number of nitrogens with zero attached hydrogens (tertiary/aromatic N) is 2. The molecule has 1 aromatic carbocycles. The second-order valence-corrected chi connectivity index (χ2v) is 8.12. The van der Waals surface area contributed by atoms with Crippen LogP contribution in [0.15, 0.2) is 36.5 Å². The smallest absolute Gasteiger partial charge is 0.235 e. The molecule has 1 amide bonds. The van der Waals surface area contributed by atoms with Gasteiger partial charge in [0.1, 0.15) is 6.61 Å². The first kappa shape index (κ1) is 23.8. The summed E-state index contributed by atoms with van der Waals surface area (Å²) in [6, 6.07) is 8.94. The molecule has 1 fully saturated rings. The van der Waals surface area contributed by atoms with Crippen LogP contribution in [0.5, 0.6) is 17.4 Å². The molecule has 9 heteroatoms. The summed E-state index contributed by atoms with van der Waals surface area (Å²) in [5, 5.41) is 2.88. The third-order valence-corrected chi connectivity index (χ3v) is 5.12. The van der Waals surface area contributed by atoms with E-state index in [1.54, 1.807) is 51.6 Å². The Kier molecular flexibility index (Phi) is 7.89. The molecule has 3 rings (SSSR count). The first-order valence-corrected chi connectivity index (χ1v) is 10.3. The summed E-state index contributed by atoms with van der Waals surface area (Å²) in [5.41, 5.74) is 0.533. The molecule has 0 bridgehead atoms. The summed E-state index contributed by atoms with van der Waals surface area (Å²) in [6.45, 7) is 3.55. The molecule has 0 spiro atoms. The zero-order chi connectivity index (χ0) is 23.1. The fraction of sp³-hybridized carbons (Fsp3) is 0.478. The molecule has 0 atom stereocenters. The maximum absolute atomic E-state index is 12.9. The van der Waals surface area contributed by atoms with Gasteiger partial charge in [-0.1, -0.05) is 6.07 Å². The van der Waals surface area contributed by atoms with Gasteiger partial charge in [-0.05, 0) is 39.2 Å². The average molecular weight is 446 g/mol. The van der Waals surface area contributed by atoms with Gasteiger partial charge in [-0.25, -0.2) is 4.98 Å². The molecule has 32 heavy (non-hydrogen) atoms. The van der Waals surface area contributed by atoms with E-state index in [0.717, 1.165) is 12.1 Å². The minimum Gasteiger partial charge on any atom is -0.493 e. The van der Waals surface area contributed by atoms with Crippen LogP contribution in [0.2, 0.25) is 0 Å². The highest BCUT2D eigenvalue weighted by atomic mass is 16.7. The van der Waals surface area contributed by atoms with Gasteiger partial charge in [-0.2, -0.15) is 0 Å². The third kappa shape index (κ3) is 5.87. The van der Waals surface area contributed by atoms with Crippen LogP contribution in [-0.4, -0.2) is 70.5 Å². The molecule has 1 saturated heterocycles. The Hall–Kier alpha value is -2.88. The van der Waals surface area contributed by atoms with Crippen LogP contribution in [0.3, 0.4) is 0 Å². The molecular formula is C23H31N3O6. The van der Waals surface area contributed by atoms with Gasteiger partial charge in [0.15, 0.2) is 17.8 Å². The van der Waals surface area contributed by atoms with Gasteiger partial charge < -0.3 is 33.9 Å². The molecule has 174 valence electrons. The van der Waals surface area contributed by atoms with Crippen LogP contribution in [0.25, 0.3) is 0 Å². The average Bonchev–Trinajstić information content (AvgIpc) is 2.80. The Morgan fingerprint density at radius 2 is 1.88 bits per heavy atom. The summed E-state index contributed by atoms with van der Waals surface area (Å²) in [5.74, 6) is 1.52. The van der Waals surface area contributed by atoms with Crippen molar-refractivity contribution in [2.24, 2.45) is 5.41 Å². The second-order valence-electron chi connectivity index (χ2n) is 8.12. The van der Waals surface area contributed by atoms with Crippen LogP contribution < -0.4 is 19.5 Å². The predicted octanol–water partition coefficient (Wildman–Crippen LogP) is 2.73. The van der Waals surface area contributed by atoms with E-state index in [4.69, 9.17) is 23.7 Å². The van der Waals surface area contributed by atoms with Crippen LogP contribution >= 0.6 is 0 Å². The number of hydrogen-bond donors (Lipinski definition) is 1. The fourth-order valence-corrected chi connectivity index (χ4v) is 3.09. The number of benzene rings is 1. The number of carbonyl (C=O) groups excluding carboxylic acids is 1. The number of carbonyl (C=O) groups is 1. The molecule has 2 aromatic rings. The van der Waals surface area contributed by atoms with Crippen molar-refractivity contribution < 1.29 is 28.5 Å². The molecule has 0 aliphatic carbocycles. The molecular weight excluding hydrogens is 414 g/mol. The van der Waals surface area contributed by atoms with Crippen molar-refractivity contribution in [3.05, 3.63) is 42.1 Å². The van der Waals surface area contributed by atoms with Crippen molar-refractivity contribution in [3.8, 4) is 17.4 Å². The highest BCUT2D eigenvalue weighted by Gasteiger charge is 2.40. The largest absolute Gasteiger partial charge is 0.493 e. The molecule has 1 N–H and O–H groups in total. The zero-order valence-electron chi connectivity index (χ0n) is 19.2. The minimum atomic E-state index is -0.839. The number of nitrogens with one attached hydrogen (secondary N) is 1. The highest BCUT2D eigenvalue weighted by molar-refractivity contribution is 5.95. The van der Waals surface area contributed by atoms with Crippen molar-refractivity contribution in [3.63, 3.8) is 0 Å². The monoisotopic (exact) mass is 445 g/mol. The van der Waals surface area contributed by atoms with E-state index in [-0.39, 0.29) is 19.1 Å². The Balaban J connectivity index is 1.55. The van der Waals surface area contributed by atoms with Gasteiger partial charge in [0.25, 0.3) is 0 Å². The topological polar surface area (TPSA) is 91.4 Å². The lowest BCUT2D eigenvalue weighted by Gasteiger charge is -2.36. The molecule has 1 aliphatic rings. The molecule has 0 unspecified atom stereocenters. The number of likely N-dealkylation sites (N-methyl/N-ethyl adjacent to an activating group) is 1. The second kappa shape index (κ2) is 10.6. The van der Waals surface area contributed by atoms with Crippen LogP contribution in [0.4, 0.5) is 5.69 Å². The Morgan fingerprint density at radius 1 is 1.16 bits per heavy atom. The lowest BCUT2D eigenvalue weighted by atomic mass is 9.90. The lowest BCUT2D eigenvalue weighted by Crippen LogP contribution is -2.45. The van der Waals surface area contributed by atoms with E-state index in [2.05, 4.69) is 10.3 Å². The van der Waals surface area contributed by atoms with Crippen molar-refractivity contribution in [2.75, 3.05) is 60.0 Å². The summed E-state index contributed by atoms with van der Waals surface area (Å²) in [6.07, 6.45) is 0.986. The molecule has 2 heterocycles. The molecule has 1 aliphatic heterocycles. The standard InChI is InChI=1S/C23H31N3O6/c1-23(22(27)25-17-7-9-20(24-13-17)30-11-10-26(2)3)14-31-21(32-15-23)16-6-8-18(28-4)19(12-16)29-5/h6-9,12-13,21H,10-11,14-15H2,1-5H3,(H,25,27). The number of aromatic nitrogens is 1. The molecule has 0 saturated carbocycles. The van der Waals surface area contributed by atoms with Crippen LogP contribution in [0, 0.1) is 5.41 Å². The fourth-order valence-electron chi connectivity index (χ4n) is 3.09. The quantitative estimate of drug-likeness (QED) is 0.630. The Bertz CT molecular complexity index is 895. The van der Waals surface area contributed by atoms with E-state index in [9.17, 15) is 4.79 Å². The summed E-state index contributed by atoms with van der Waals surface area (Å²) in [7, 11) is 7.11. The molecule has 9 nitrogen and oxygen atoms in total. The van der Waals surface area contributed by atoms with Crippen molar-refractivity contribution >= 4 is 11.6 Å². The maximum atomic E-state index is 12.9. The van der Waals surface area contributed by atoms with E-state index in [1.165, 1.54) is 0 Å². The molecule has 0 radical (unpaired) electrons. The number of hydrogen-bond acceptors (Lipinski definition) is 8. The van der Waals surface area contributed by atoms with Crippen molar-refractivity contribution in [1.29, 1.82) is 0 Å². The van der Waals surface area contributed by atoms with E-state index in [0.29, 0.717) is 29.7 Å². The maximum Gasteiger partial charge on any atom is 0.235 e. The van der Waals surface area contributed by atoms with Gasteiger partial charge in [0.05, 0.1) is 44.7 Å². The number of ether oxygens (including phenoxy) is 5. The van der Waals surface area contributed by atoms with Crippen molar-refractivity contribution in [2.45, 2.75) is 13.2 Å². The summed E-state index contributed by atoms with van der Waals surface area (Å²) >= 11 is 0. The van der Waals surface area contributed by atoms with Crippen LogP contribution in [-0.2, 0) is 14.3 Å². The van der Waals surface area contributed by atoms with Gasteiger partial charge in [-0.15, -0.1) is 0 Å². The highest BCUT2D eigenvalue weighted by Crippen LogP contribution is 2.36. The lowest BCUT2D eigenvalue weighted by molar-refractivity contribution is -0.226. The van der Waals surface area contributed by atoms with E-state index >= 15 is 0 Å². The number of pyridine rings is 1. The first-order chi connectivity index (χ1) is 15.3. The van der Waals surface area contributed by atoms with Crippen LogP contribution in [0.1, 0.15) is 18.8 Å². The number of methoxy groups -OCH3 is 2. The SMILES string of the molecule is COc1ccc(C2OCC(C)(C(=O)Nc3ccc(OCCN(C)C)nc3)CO2)cc1OC. The zero-order valence-corrected chi connectivity index (χ0v) is 19.2. The van der Waals surface area contributed by atoms with Crippen molar-refractivity contribution in [1.82, 2.24) is 9.88 Å². The Labute approximate surface area is 188 Å². The summed E-state index contributed by atoms with van der Waals surface area (Å²) in [4.78, 5) is 19.1. The minimum absolute atomic E-state index is 0.202. The Morgan fingerprint density at radius 3 is 2.47 bits per heavy atom. The van der Waals surface area contributed by atoms with E-state index in [1.807, 2.05) is 25.1 Å². The number of rotatable bonds is 9. The third-order valence-electron chi connectivity index (χ3n) is 5.12. The van der Waals surface area contributed by atoms with Gasteiger partial charge in [0.2, 0.25) is 11.8 Å². The van der Waals surface area contributed by atoms with Gasteiger partial charge in [-0.3, -0.25) is 4.79 Å². The normalized spacial score (nSPS) is 20.6. The first-order valence-electron chi connectivity index (χ1n) is 10.3. The predicted molar refractivity (Wildman–Crippen MR) is 119 cm³/mol. The number of amides is 1.